The van der Waals surface area contributed by atoms with E-state index in [2.05, 4.69) is 20.6 Å². The summed E-state index contributed by atoms with van der Waals surface area (Å²) in [5.74, 6) is 0.170. The Hall–Kier alpha value is -3.46. The first-order valence-corrected chi connectivity index (χ1v) is 9.72. The molecule has 0 aliphatic heterocycles. The number of thiazole rings is 1. The van der Waals surface area contributed by atoms with Crippen LogP contribution in [0.25, 0.3) is 0 Å². The van der Waals surface area contributed by atoms with E-state index in [1.54, 1.807) is 25.7 Å². The number of anilines is 2. The van der Waals surface area contributed by atoms with Gasteiger partial charge in [0.05, 0.1) is 25.9 Å². The maximum atomic E-state index is 12.5. The molecule has 0 aliphatic rings. The minimum atomic E-state index is -0.322. The van der Waals surface area contributed by atoms with Crippen LogP contribution < -0.4 is 15.4 Å². The smallest absolute Gasteiger partial charge is 0.273 e. The number of carbonyl (C=O) groups is 2. The van der Waals surface area contributed by atoms with Crippen LogP contribution in [0, 0.1) is 0 Å². The molecule has 9 heteroatoms. The number of rotatable bonds is 8. The second-order valence-electron chi connectivity index (χ2n) is 6.15. The quantitative estimate of drug-likeness (QED) is 0.592. The Morgan fingerprint density at radius 3 is 2.66 bits per heavy atom. The third-order valence-electron chi connectivity index (χ3n) is 3.98. The number of pyridine rings is 1. The normalized spacial score (nSPS) is 10.3. The highest BCUT2D eigenvalue weighted by Gasteiger charge is 2.18. The summed E-state index contributed by atoms with van der Waals surface area (Å²) >= 11 is 1.32. The third kappa shape index (κ3) is 5.76. The molecular formula is C20H21N5O3S. The summed E-state index contributed by atoms with van der Waals surface area (Å²) in [6, 6.07) is 12.9. The summed E-state index contributed by atoms with van der Waals surface area (Å²) in [7, 11) is 3.18. The molecule has 0 radical (unpaired) electrons. The monoisotopic (exact) mass is 411 g/mol. The van der Waals surface area contributed by atoms with Gasteiger partial charge in [-0.2, -0.15) is 0 Å². The fourth-order valence-corrected chi connectivity index (χ4v) is 3.16. The highest BCUT2D eigenvalue weighted by atomic mass is 32.1. The van der Waals surface area contributed by atoms with Crippen molar-refractivity contribution >= 4 is 34.0 Å². The van der Waals surface area contributed by atoms with Gasteiger partial charge in [0.1, 0.15) is 11.4 Å². The SMILES string of the molecule is COc1ccc(Nc2nc(C(=O)N(C)CC(=O)NCc3ccccn3)cs2)cc1. The van der Waals surface area contributed by atoms with E-state index in [1.165, 1.54) is 16.2 Å². The number of hydrogen-bond donors (Lipinski definition) is 2. The number of aromatic nitrogens is 2. The Kier molecular flexibility index (Phi) is 6.75. The van der Waals surface area contributed by atoms with Crippen molar-refractivity contribution in [3.8, 4) is 5.75 Å². The number of methoxy groups -OCH3 is 1. The van der Waals surface area contributed by atoms with Crippen LogP contribution in [0.1, 0.15) is 16.2 Å². The molecule has 0 saturated carbocycles. The highest BCUT2D eigenvalue weighted by Crippen LogP contribution is 2.23. The first kappa shape index (κ1) is 20.3. The van der Waals surface area contributed by atoms with E-state index in [0.717, 1.165) is 17.1 Å². The van der Waals surface area contributed by atoms with Crippen LogP contribution in [-0.2, 0) is 11.3 Å². The molecule has 1 aromatic carbocycles. The lowest BCUT2D eigenvalue weighted by Gasteiger charge is -2.15. The number of likely N-dealkylation sites (N-methyl/N-ethyl adjacent to an activating group) is 1. The van der Waals surface area contributed by atoms with E-state index in [-0.39, 0.29) is 24.1 Å². The molecule has 8 nitrogen and oxygen atoms in total. The Morgan fingerprint density at radius 1 is 1.17 bits per heavy atom. The van der Waals surface area contributed by atoms with E-state index in [1.807, 2.05) is 42.5 Å². The number of amides is 2. The van der Waals surface area contributed by atoms with Gasteiger partial charge in [-0.3, -0.25) is 14.6 Å². The highest BCUT2D eigenvalue weighted by molar-refractivity contribution is 7.14. The molecule has 0 unspecified atom stereocenters. The summed E-state index contributed by atoms with van der Waals surface area (Å²) in [6.07, 6.45) is 1.66. The molecule has 0 atom stereocenters. The van der Waals surface area contributed by atoms with Gasteiger partial charge in [0.25, 0.3) is 5.91 Å². The zero-order chi connectivity index (χ0) is 20.6. The second kappa shape index (κ2) is 9.65. The van der Waals surface area contributed by atoms with Crippen molar-refractivity contribution in [2.45, 2.75) is 6.54 Å². The zero-order valence-electron chi connectivity index (χ0n) is 16.1. The maximum Gasteiger partial charge on any atom is 0.273 e. The van der Waals surface area contributed by atoms with Crippen molar-refractivity contribution < 1.29 is 14.3 Å². The molecule has 150 valence electrons. The number of ether oxygens (including phenoxy) is 1. The van der Waals surface area contributed by atoms with Crippen LogP contribution in [0.5, 0.6) is 5.75 Å². The Labute approximate surface area is 172 Å². The average Bonchev–Trinajstić information content (AvgIpc) is 3.21. The number of benzene rings is 1. The van der Waals surface area contributed by atoms with Crippen LogP contribution in [0.15, 0.2) is 54.0 Å². The lowest BCUT2D eigenvalue weighted by molar-refractivity contribution is -0.121. The van der Waals surface area contributed by atoms with Gasteiger partial charge in [0, 0.05) is 24.3 Å². The fourth-order valence-electron chi connectivity index (χ4n) is 2.46. The number of hydrogen-bond acceptors (Lipinski definition) is 7. The first-order valence-electron chi connectivity index (χ1n) is 8.84. The standard InChI is InChI=1S/C20H21N5O3S/c1-25(12-18(26)22-11-15-5-3-4-10-21-15)19(27)17-13-29-20(24-17)23-14-6-8-16(28-2)9-7-14/h3-10,13H,11-12H2,1-2H3,(H,22,26)(H,23,24). The Balaban J connectivity index is 1.52. The van der Waals surface area contributed by atoms with Gasteiger partial charge < -0.3 is 20.3 Å². The summed E-state index contributed by atoms with van der Waals surface area (Å²) in [6.45, 7) is 0.249. The summed E-state index contributed by atoms with van der Waals surface area (Å²) in [4.78, 5) is 34.4. The van der Waals surface area contributed by atoms with Gasteiger partial charge in [-0.05, 0) is 36.4 Å². The van der Waals surface area contributed by atoms with Crippen LogP contribution in [-0.4, -0.2) is 47.4 Å². The van der Waals surface area contributed by atoms with Crippen LogP contribution in [0.3, 0.4) is 0 Å². The van der Waals surface area contributed by atoms with Gasteiger partial charge >= 0.3 is 0 Å². The number of nitrogens with zero attached hydrogens (tertiary/aromatic N) is 3. The molecule has 2 amide bonds. The van der Waals surface area contributed by atoms with Gasteiger partial charge in [-0.25, -0.2) is 4.98 Å². The summed E-state index contributed by atoms with van der Waals surface area (Å²) < 4.78 is 5.13. The summed E-state index contributed by atoms with van der Waals surface area (Å²) in [5.41, 5.74) is 1.87. The van der Waals surface area contributed by atoms with Gasteiger partial charge in [0.15, 0.2) is 5.13 Å². The zero-order valence-corrected chi connectivity index (χ0v) is 16.9. The maximum absolute atomic E-state index is 12.5. The molecular weight excluding hydrogens is 390 g/mol. The predicted molar refractivity (Wildman–Crippen MR) is 111 cm³/mol. The lowest BCUT2D eigenvalue weighted by atomic mass is 10.3. The molecule has 29 heavy (non-hydrogen) atoms. The minimum absolute atomic E-state index is 0.0650. The van der Waals surface area contributed by atoms with Crippen molar-refractivity contribution in [3.05, 3.63) is 65.4 Å². The minimum Gasteiger partial charge on any atom is -0.497 e. The van der Waals surface area contributed by atoms with Crippen molar-refractivity contribution in [1.29, 1.82) is 0 Å². The summed E-state index contributed by atoms with van der Waals surface area (Å²) in [5, 5.41) is 8.14. The molecule has 3 rings (SSSR count). The molecule has 0 spiro atoms. The van der Waals surface area contributed by atoms with Crippen LogP contribution in [0.4, 0.5) is 10.8 Å². The van der Waals surface area contributed by atoms with Gasteiger partial charge in [-0.15, -0.1) is 11.3 Å². The van der Waals surface area contributed by atoms with Crippen LogP contribution in [0.2, 0.25) is 0 Å². The molecule has 0 saturated heterocycles. The lowest BCUT2D eigenvalue weighted by Crippen LogP contribution is -2.38. The van der Waals surface area contributed by atoms with Crippen molar-refractivity contribution in [2.75, 3.05) is 26.0 Å². The number of nitrogens with one attached hydrogen (secondary N) is 2. The van der Waals surface area contributed by atoms with E-state index in [9.17, 15) is 9.59 Å². The molecule has 2 aromatic heterocycles. The molecule has 2 heterocycles. The Morgan fingerprint density at radius 2 is 1.97 bits per heavy atom. The van der Waals surface area contributed by atoms with Crippen molar-refractivity contribution in [1.82, 2.24) is 20.2 Å². The van der Waals surface area contributed by atoms with Crippen molar-refractivity contribution in [2.24, 2.45) is 0 Å². The average molecular weight is 411 g/mol. The second-order valence-corrected chi connectivity index (χ2v) is 7.01. The third-order valence-corrected chi connectivity index (χ3v) is 4.74. The van der Waals surface area contributed by atoms with E-state index in [4.69, 9.17) is 4.74 Å². The van der Waals surface area contributed by atoms with Crippen molar-refractivity contribution in [3.63, 3.8) is 0 Å². The fraction of sp³-hybridized carbons (Fsp3) is 0.200. The van der Waals surface area contributed by atoms with E-state index < -0.39 is 0 Å². The molecule has 2 N–H and O–H groups in total. The topological polar surface area (TPSA) is 96.5 Å². The van der Waals surface area contributed by atoms with Gasteiger partial charge in [0.2, 0.25) is 5.91 Å². The van der Waals surface area contributed by atoms with E-state index >= 15 is 0 Å². The Bertz CT molecular complexity index is 960. The van der Waals surface area contributed by atoms with Crippen LogP contribution >= 0.6 is 11.3 Å². The van der Waals surface area contributed by atoms with E-state index in [0.29, 0.717) is 11.7 Å². The predicted octanol–water partition coefficient (Wildman–Crippen LogP) is 2.68. The molecule has 3 aromatic rings. The molecule has 0 aliphatic carbocycles. The molecule has 0 bridgehead atoms. The first-order chi connectivity index (χ1) is 14.0. The largest absolute Gasteiger partial charge is 0.497 e. The van der Waals surface area contributed by atoms with Gasteiger partial charge in [-0.1, -0.05) is 6.07 Å². The molecule has 0 fully saturated rings. The number of carbonyl (C=O) groups excluding carboxylic acids is 2.